The van der Waals surface area contributed by atoms with Gasteiger partial charge in [-0.1, -0.05) is 0 Å². The maximum atomic E-state index is 9.09. The Kier molecular flexibility index (Phi) is 11.0. The van der Waals surface area contributed by atoms with Crippen molar-refractivity contribution in [2.45, 2.75) is 20.0 Å². The van der Waals surface area contributed by atoms with Gasteiger partial charge in [0.05, 0.1) is 0 Å². The average molecular weight is 179 g/mol. The molecule has 0 fully saturated rings. The summed E-state index contributed by atoms with van der Waals surface area (Å²) in [5.74, 6) is 0. The number of aliphatic hydroxyl groups excluding tert-OH is 1. The molecule has 0 atom stereocenters. The van der Waals surface area contributed by atoms with Crippen molar-refractivity contribution in [3.05, 3.63) is 0 Å². The fourth-order valence-electron chi connectivity index (χ4n) is 0. The van der Waals surface area contributed by atoms with Crippen LogP contribution in [0.5, 0.6) is 0 Å². The molecule has 52 valence electrons. The summed E-state index contributed by atoms with van der Waals surface area (Å²) in [4.78, 5) is 0. The van der Waals surface area contributed by atoms with Gasteiger partial charge in [0, 0.05) is 27.5 Å². The molecule has 1 N–H and O–H groups in total. The Morgan fingerprint density at radius 2 is 1.50 bits per heavy atom. The van der Waals surface area contributed by atoms with Gasteiger partial charge in [-0.15, -0.1) is 0 Å². The van der Waals surface area contributed by atoms with Crippen LogP contribution < -0.4 is 0 Å². The van der Waals surface area contributed by atoms with Crippen LogP contribution in [0.15, 0.2) is 0 Å². The predicted octanol–water partition coefficient (Wildman–Crippen LogP) is 1.43. The molecule has 0 aliphatic rings. The monoisotopic (exact) mass is 178 g/mol. The van der Waals surface area contributed by atoms with Crippen LogP contribution in [-0.4, -0.2) is 15.4 Å². The first-order chi connectivity index (χ1) is 3.46. The highest BCUT2D eigenvalue weighted by Crippen LogP contribution is 1.89. The zero-order valence-electron chi connectivity index (χ0n) is 4.60. The van der Waals surface area contributed by atoms with Crippen molar-refractivity contribution in [1.29, 1.82) is 0 Å². The van der Waals surface area contributed by atoms with E-state index >= 15 is 0 Å². The fourth-order valence-corrected chi connectivity index (χ4v) is 0. The second-order valence-corrected chi connectivity index (χ2v) is 3.80. The summed E-state index contributed by atoms with van der Waals surface area (Å²) in [7, 11) is 7.36. The van der Waals surface area contributed by atoms with Crippen LogP contribution in [0.3, 0.4) is 0 Å². The van der Waals surface area contributed by atoms with E-state index < -0.39 is 9.23 Å². The minimum Gasteiger partial charge on any atom is -0.394 e. The number of rotatable bonds is 0. The summed E-state index contributed by atoms with van der Waals surface area (Å²) in [5, 5.41) is 8.06. The lowest BCUT2D eigenvalue weighted by molar-refractivity contribution is 0.216. The van der Waals surface area contributed by atoms with Gasteiger partial charge in [0.2, 0.25) is 9.23 Å². The molecular formula is C3H8Cl2O2S. The van der Waals surface area contributed by atoms with Gasteiger partial charge in [0.1, 0.15) is 0 Å². The summed E-state index contributed by atoms with van der Waals surface area (Å²) in [6.45, 7) is 3.44. The summed E-state index contributed by atoms with van der Waals surface area (Å²) < 4.78 is 9.09. The Balaban J connectivity index is 0. The summed E-state index contributed by atoms with van der Waals surface area (Å²) in [6, 6.07) is 0. The van der Waals surface area contributed by atoms with Crippen LogP contribution in [0.4, 0.5) is 0 Å². The SMILES string of the molecule is CC(C)O.O=S(Cl)Cl. The van der Waals surface area contributed by atoms with E-state index in [1.165, 1.54) is 0 Å². The highest BCUT2D eigenvalue weighted by atomic mass is 36.0. The lowest BCUT2D eigenvalue weighted by atomic mass is 10.5. The number of hydrogen-bond acceptors (Lipinski definition) is 2. The largest absolute Gasteiger partial charge is 0.394 e. The third kappa shape index (κ3) is 455. The maximum Gasteiger partial charge on any atom is 0.211 e. The van der Waals surface area contributed by atoms with E-state index in [4.69, 9.17) is 9.32 Å². The molecule has 0 aromatic heterocycles. The molecule has 0 aromatic rings. The molecule has 0 amide bonds. The lowest BCUT2D eigenvalue weighted by Gasteiger charge is -1.80. The molecule has 0 spiro atoms. The fraction of sp³-hybridized carbons (Fsp3) is 1.00. The van der Waals surface area contributed by atoms with Gasteiger partial charge in [0.25, 0.3) is 0 Å². The number of aliphatic hydroxyl groups is 1. The maximum absolute atomic E-state index is 9.09. The predicted molar refractivity (Wildman–Crippen MR) is 37.2 cm³/mol. The molecule has 0 saturated carbocycles. The van der Waals surface area contributed by atoms with E-state index in [1.54, 1.807) is 13.8 Å². The van der Waals surface area contributed by atoms with Crippen molar-refractivity contribution >= 4 is 30.6 Å². The Labute approximate surface area is 60.3 Å². The molecule has 0 heterocycles. The van der Waals surface area contributed by atoms with Gasteiger partial charge in [-0.2, -0.15) is 0 Å². The molecule has 0 aliphatic heterocycles. The van der Waals surface area contributed by atoms with Gasteiger partial charge in [-0.3, -0.25) is 0 Å². The zero-order valence-corrected chi connectivity index (χ0v) is 6.93. The number of halogens is 2. The molecule has 0 aliphatic carbocycles. The zero-order chi connectivity index (χ0) is 7.15. The highest BCUT2D eigenvalue weighted by Gasteiger charge is 1.69. The number of hydrogen-bond donors (Lipinski definition) is 1. The Bertz CT molecular complexity index is 59.5. The topological polar surface area (TPSA) is 37.3 Å². The van der Waals surface area contributed by atoms with E-state index in [0.29, 0.717) is 0 Å². The van der Waals surface area contributed by atoms with E-state index in [0.717, 1.165) is 0 Å². The first-order valence-corrected chi connectivity index (χ1v) is 4.69. The van der Waals surface area contributed by atoms with Crippen LogP contribution in [0.1, 0.15) is 13.8 Å². The van der Waals surface area contributed by atoms with Crippen LogP contribution in [0, 0.1) is 0 Å². The van der Waals surface area contributed by atoms with Crippen molar-refractivity contribution in [2.24, 2.45) is 0 Å². The van der Waals surface area contributed by atoms with Gasteiger partial charge >= 0.3 is 0 Å². The van der Waals surface area contributed by atoms with Crippen molar-refractivity contribution < 1.29 is 9.32 Å². The molecule has 5 heteroatoms. The minimum absolute atomic E-state index is 0.167. The van der Waals surface area contributed by atoms with E-state index in [-0.39, 0.29) is 6.10 Å². The smallest absolute Gasteiger partial charge is 0.211 e. The van der Waals surface area contributed by atoms with Gasteiger partial charge < -0.3 is 5.11 Å². The molecule has 0 rings (SSSR count). The Hall–Kier alpha value is 0.690. The second-order valence-electron chi connectivity index (χ2n) is 1.28. The van der Waals surface area contributed by atoms with Crippen molar-refractivity contribution in [3.8, 4) is 0 Å². The summed E-state index contributed by atoms with van der Waals surface area (Å²) in [5.41, 5.74) is 0. The first kappa shape index (κ1) is 11.5. The normalized spacial score (nSPS) is 8.88. The minimum atomic E-state index is -1.67. The van der Waals surface area contributed by atoms with Gasteiger partial charge in [-0.25, -0.2) is 4.21 Å². The first-order valence-electron chi connectivity index (χ1n) is 1.89. The molecule has 0 saturated heterocycles. The van der Waals surface area contributed by atoms with Crippen LogP contribution in [0.2, 0.25) is 0 Å². The quantitative estimate of drug-likeness (QED) is 0.571. The molecule has 0 unspecified atom stereocenters. The third-order valence-corrected chi connectivity index (χ3v) is 0. The van der Waals surface area contributed by atoms with Gasteiger partial charge in [0.15, 0.2) is 0 Å². The molecule has 0 radical (unpaired) electrons. The third-order valence-electron chi connectivity index (χ3n) is 0. The molecule has 0 bridgehead atoms. The van der Waals surface area contributed by atoms with Crippen LogP contribution >= 0.6 is 21.4 Å². The van der Waals surface area contributed by atoms with E-state index in [1.807, 2.05) is 0 Å². The van der Waals surface area contributed by atoms with E-state index in [2.05, 4.69) is 21.4 Å². The van der Waals surface area contributed by atoms with E-state index in [9.17, 15) is 0 Å². The summed E-state index contributed by atoms with van der Waals surface area (Å²) in [6.07, 6.45) is -0.167. The van der Waals surface area contributed by atoms with Crippen molar-refractivity contribution in [1.82, 2.24) is 0 Å². The Morgan fingerprint density at radius 1 is 1.50 bits per heavy atom. The lowest BCUT2D eigenvalue weighted by Crippen LogP contribution is -1.85. The Morgan fingerprint density at radius 3 is 1.50 bits per heavy atom. The summed E-state index contributed by atoms with van der Waals surface area (Å²) >= 11 is 0. The van der Waals surface area contributed by atoms with Crippen molar-refractivity contribution in [3.63, 3.8) is 0 Å². The van der Waals surface area contributed by atoms with Crippen LogP contribution in [0.25, 0.3) is 0 Å². The molecule has 2 nitrogen and oxygen atoms in total. The van der Waals surface area contributed by atoms with Crippen molar-refractivity contribution in [2.75, 3.05) is 0 Å². The standard InChI is InChI=1S/C3H8O.Cl2OS/c1-3(2)4;1-4(2)3/h3-4H,1-2H3;. The van der Waals surface area contributed by atoms with Gasteiger partial charge in [-0.05, 0) is 13.8 Å². The molecule has 8 heavy (non-hydrogen) atoms. The molecule has 0 aromatic carbocycles. The highest BCUT2D eigenvalue weighted by molar-refractivity contribution is 8.26. The molecular weight excluding hydrogens is 171 g/mol. The second kappa shape index (κ2) is 7.69. The average Bonchev–Trinajstić information content (AvgIpc) is 1.25. The van der Waals surface area contributed by atoms with Crippen LogP contribution in [-0.2, 0) is 9.23 Å².